The molecule has 6 aliphatic carbocycles. The molecule has 0 bridgehead atoms. The third kappa shape index (κ3) is 5.04. The second-order valence-electron chi connectivity index (χ2n) is 20.0. The minimum Gasteiger partial charge on any atom is -0.424 e. The van der Waals surface area contributed by atoms with Gasteiger partial charge in [0.1, 0.15) is 5.60 Å². The Morgan fingerprint density at radius 3 is 2.40 bits per heavy atom. The lowest BCUT2D eigenvalue weighted by Gasteiger charge is -2.64. The van der Waals surface area contributed by atoms with Crippen molar-refractivity contribution in [3.05, 3.63) is 0 Å². The van der Waals surface area contributed by atoms with Gasteiger partial charge >= 0.3 is 6.16 Å². The highest BCUT2D eigenvalue weighted by Gasteiger charge is 2.83. The average molecular weight is 700 g/mol. The fourth-order valence-corrected chi connectivity index (χ4v) is 14.3. The Morgan fingerprint density at radius 1 is 1.00 bits per heavy atom. The average Bonchev–Trinajstić information content (AvgIpc) is 3.96. The maximum absolute atomic E-state index is 12.9. The van der Waals surface area contributed by atoms with Crippen LogP contribution in [0.1, 0.15) is 126 Å². The number of carbonyl (C=O) groups excluding carboxylic acids is 2. The molecule has 13 atom stereocenters. The van der Waals surface area contributed by atoms with Gasteiger partial charge in [0.2, 0.25) is 5.91 Å². The molecule has 9 heteroatoms. The molecule has 0 aromatic rings. The summed E-state index contributed by atoms with van der Waals surface area (Å²) in [5, 5.41) is 12.2. The number of carbonyl (C=O) groups is 2. The standard InChI is InChI=1S/C41H65NO8/c1-24(19-27(46-8)34-37(4,5)50-35(45)49-34)26-21-30(43)39(7)29-12-11-28-36(2,3)31(13-14-40(28)23-41(29,40)16-15-38(26,39)6)48-33-22-42(17-18-47-33)32(44)20-25-9-10-25/h24-31,33-34,43H,9-23H2,1-8H3/t24-,26-,27?,28+,29?,30+,31?,33+,34?,38?,39-,40?,41?/m1/s1. The number of rotatable bonds is 9. The van der Waals surface area contributed by atoms with Crippen LogP contribution in [0.25, 0.3) is 0 Å². The van der Waals surface area contributed by atoms with Gasteiger partial charge in [-0.15, -0.1) is 0 Å². The molecule has 6 saturated carbocycles. The van der Waals surface area contributed by atoms with Gasteiger partial charge in [-0.25, -0.2) is 4.79 Å². The molecular formula is C41H65NO8. The van der Waals surface area contributed by atoms with Crippen LogP contribution in [0.4, 0.5) is 4.79 Å². The maximum Gasteiger partial charge on any atom is 0.509 e. The zero-order chi connectivity index (χ0) is 35.6. The van der Waals surface area contributed by atoms with E-state index in [1.54, 1.807) is 7.11 Å². The van der Waals surface area contributed by atoms with Crippen LogP contribution in [0.5, 0.6) is 0 Å². The summed E-state index contributed by atoms with van der Waals surface area (Å²) in [5.41, 5.74) is -0.227. The van der Waals surface area contributed by atoms with Crippen molar-refractivity contribution in [1.82, 2.24) is 4.90 Å². The number of ether oxygens (including phenoxy) is 5. The van der Waals surface area contributed by atoms with Crippen molar-refractivity contribution in [2.24, 2.45) is 56.7 Å². The molecule has 2 aliphatic heterocycles. The number of morpholine rings is 1. The van der Waals surface area contributed by atoms with Crippen molar-refractivity contribution in [2.75, 3.05) is 26.8 Å². The Morgan fingerprint density at radius 2 is 1.72 bits per heavy atom. The first-order valence-electron chi connectivity index (χ1n) is 20.2. The van der Waals surface area contributed by atoms with Crippen LogP contribution in [0.2, 0.25) is 0 Å². The van der Waals surface area contributed by atoms with Crippen LogP contribution >= 0.6 is 0 Å². The summed E-state index contributed by atoms with van der Waals surface area (Å²) in [6.07, 6.45) is 11.0. The highest BCUT2D eigenvalue weighted by atomic mass is 16.8. The number of nitrogens with zero attached hydrogens (tertiary/aromatic N) is 1. The van der Waals surface area contributed by atoms with Gasteiger partial charge in [-0.05, 0) is 136 Å². The molecule has 2 heterocycles. The fourth-order valence-electron chi connectivity index (χ4n) is 14.3. The van der Waals surface area contributed by atoms with Crippen molar-refractivity contribution < 1.29 is 38.4 Å². The summed E-state index contributed by atoms with van der Waals surface area (Å²) in [6, 6.07) is 0. The highest BCUT2D eigenvalue weighted by molar-refractivity contribution is 5.76. The largest absolute Gasteiger partial charge is 0.509 e. The van der Waals surface area contributed by atoms with Crippen LogP contribution in [-0.4, -0.2) is 85.2 Å². The van der Waals surface area contributed by atoms with Gasteiger partial charge in [0, 0.05) is 25.5 Å². The summed E-state index contributed by atoms with van der Waals surface area (Å²) in [6.45, 7) is 17.8. The van der Waals surface area contributed by atoms with E-state index in [4.69, 9.17) is 23.7 Å². The van der Waals surface area contributed by atoms with E-state index in [2.05, 4.69) is 34.6 Å². The van der Waals surface area contributed by atoms with Gasteiger partial charge in [-0.1, -0.05) is 34.6 Å². The molecule has 8 aliphatic rings. The summed E-state index contributed by atoms with van der Waals surface area (Å²) < 4.78 is 30.1. The molecule has 9 nitrogen and oxygen atoms in total. The molecule has 8 rings (SSSR count). The number of hydrogen-bond donors (Lipinski definition) is 1. The lowest BCUT2D eigenvalue weighted by molar-refractivity contribution is -0.248. The second-order valence-corrected chi connectivity index (χ2v) is 20.0. The quantitative estimate of drug-likeness (QED) is 0.254. The third-order valence-corrected chi connectivity index (χ3v) is 17.2. The zero-order valence-corrected chi connectivity index (χ0v) is 32.1. The van der Waals surface area contributed by atoms with Crippen LogP contribution in [0.3, 0.4) is 0 Å². The van der Waals surface area contributed by atoms with Gasteiger partial charge in [-0.3, -0.25) is 4.79 Å². The molecular weight excluding hydrogens is 634 g/mol. The topological polar surface area (TPSA) is 104 Å². The van der Waals surface area contributed by atoms with Crippen LogP contribution in [-0.2, 0) is 28.5 Å². The molecule has 0 aromatic heterocycles. The molecule has 0 aromatic carbocycles. The van der Waals surface area contributed by atoms with E-state index in [9.17, 15) is 14.7 Å². The number of aliphatic hydroxyl groups excluding tert-OH is 1. The van der Waals surface area contributed by atoms with E-state index in [1.807, 2.05) is 18.7 Å². The predicted octanol–water partition coefficient (Wildman–Crippen LogP) is 7.12. The third-order valence-electron chi connectivity index (χ3n) is 17.2. The van der Waals surface area contributed by atoms with Crippen LogP contribution in [0, 0.1) is 56.7 Å². The number of cyclic esters (lactones) is 2. The Kier molecular flexibility index (Phi) is 8.39. The van der Waals surface area contributed by atoms with Crippen molar-refractivity contribution in [3.8, 4) is 0 Å². The lowest BCUT2D eigenvalue weighted by atomic mass is 9.41. The van der Waals surface area contributed by atoms with Crippen molar-refractivity contribution in [1.29, 1.82) is 0 Å². The number of fused-ring (bicyclic) bond motifs is 2. The van der Waals surface area contributed by atoms with Gasteiger partial charge in [-0.2, -0.15) is 0 Å². The number of aliphatic hydroxyl groups is 1. The Bertz CT molecular complexity index is 1360. The van der Waals surface area contributed by atoms with E-state index >= 15 is 0 Å². The number of hydrogen-bond acceptors (Lipinski definition) is 8. The Labute approximate surface area is 300 Å². The Balaban J connectivity index is 0.967. The zero-order valence-electron chi connectivity index (χ0n) is 32.1. The van der Waals surface area contributed by atoms with E-state index in [-0.39, 0.29) is 46.8 Å². The molecule has 1 N–H and O–H groups in total. The van der Waals surface area contributed by atoms with Crippen molar-refractivity contribution >= 4 is 12.1 Å². The summed E-state index contributed by atoms with van der Waals surface area (Å²) >= 11 is 0. The van der Waals surface area contributed by atoms with Gasteiger partial charge < -0.3 is 33.7 Å². The first-order chi connectivity index (χ1) is 23.5. The van der Waals surface area contributed by atoms with Gasteiger partial charge in [0.25, 0.3) is 0 Å². The Hall–Kier alpha value is -1.42. The maximum atomic E-state index is 12.9. The molecule has 2 saturated heterocycles. The van der Waals surface area contributed by atoms with Crippen LogP contribution in [0.15, 0.2) is 0 Å². The van der Waals surface area contributed by atoms with Crippen molar-refractivity contribution in [2.45, 2.75) is 162 Å². The highest BCUT2D eigenvalue weighted by Crippen LogP contribution is 2.89. The number of methoxy groups -OCH3 is 1. The van der Waals surface area contributed by atoms with E-state index in [0.717, 1.165) is 25.7 Å². The van der Waals surface area contributed by atoms with Gasteiger partial charge in [0.15, 0.2) is 12.4 Å². The predicted molar refractivity (Wildman–Crippen MR) is 187 cm³/mol. The first kappa shape index (κ1) is 35.6. The van der Waals surface area contributed by atoms with Gasteiger partial charge in [0.05, 0.1) is 31.5 Å². The first-order valence-corrected chi connectivity index (χ1v) is 20.2. The summed E-state index contributed by atoms with van der Waals surface area (Å²) in [5.74, 6) is 2.62. The normalized spacial score (nSPS) is 48.3. The molecule has 282 valence electrons. The second kappa shape index (κ2) is 11.8. The fraction of sp³-hybridized carbons (Fsp3) is 0.951. The minimum absolute atomic E-state index is 0.0136. The minimum atomic E-state index is -0.739. The lowest BCUT2D eigenvalue weighted by Crippen LogP contribution is -2.60. The van der Waals surface area contributed by atoms with Crippen molar-refractivity contribution in [3.63, 3.8) is 0 Å². The molecule has 50 heavy (non-hydrogen) atoms. The number of amides is 1. The molecule has 1 amide bonds. The summed E-state index contributed by atoms with van der Waals surface area (Å²) in [7, 11) is 1.71. The molecule has 7 unspecified atom stereocenters. The van der Waals surface area contributed by atoms with E-state index in [0.29, 0.717) is 66.5 Å². The molecule has 8 fully saturated rings. The monoisotopic (exact) mass is 699 g/mol. The SMILES string of the molecule is COC(C[C@@H](C)[C@H]1C[C@H](O)[C@@]2(C)C3CC[C@H]4C(C)(C)C(O[C@H]5CN(C(=O)CC6CC6)CCO5)CCC45CC35CCC12C)C1OC(=O)OC1(C)C. The van der Waals surface area contributed by atoms with E-state index in [1.165, 1.54) is 44.9 Å². The van der Waals surface area contributed by atoms with E-state index < -0.39 is 17.9 Å². The molecule has 0 radical (unpaired) electrons. The molecule has 2 spiro atoms. The smallest absolute Gasteiger partial charge is 0.424 e. The summed E-state index contributed by atoms with van der Waals surface area (Å²) in [4.78, 5) is 27.0. The van der Waals surface area contributed by atoms with Crippen LogP contribution < -0.4 is 0 Å².